The van der Waals surface area contributed by atoms with Crippen molar-refractivity contribution in [3.05, 3.63) is 0 Å². The zero-order chi connectivity index (χ0) is 12.9. The van der Waals surface area contributed by atoms with Gasteiger partial charge in [0.2, 0.25) is 0 Å². The van der Waals surface area contributed by atoms with Gasteiger partial charge in [-0.2, -0.15) is 0 Å². The normalized spacial score (nSPS) is 42.9. The molecule has 3 rings (SSSR count). The third-order valence-electron chi connectivity index (χ3n) is 5.29. The van der Waals surface area contributed by atoms with Gasteiger partial charge in [0, 0.05) is 18.3 Å². The summed E-state index contributed by atoms with van der Waals surface area (Å²) in [5.41, 5.74) is 0. The molecule has 1 heterocycles. The van der Waals surface area contributed by atoms with Gasteiger partial charge in [-0.05, 0) is 43.6 Å². The summed E-state index contributed by atoms with van der Waals surface area (Å²) in [5.74, 6) is 2.52. The van der Waals surface area contributed by atoms with Gasteiger partial charge in [0.15, 0.2) is 0 Å². The van der Waals surface area contributed by atoms with Crippen LogP contribution in [-0.4, -0.2) is 55.2 Å². The minimum Gasteiger partial charge on any atom is -0.391 e. The fourth-order valence-electron chi connectivity index (χ4n) is 4.42. The van der Waals surface area contributed by atoms with E-state index in [4.69, 9.17) is 0 Å². The summed E-state index contributed by atoms with van der Waals surface area (Å²) in [6, 6.07) is 0.332. The highest BCUT2D eigenvalue weighted by Crippen LogP contribution is 2.54. The standard InChI is InChI=1S/C13H23NO3S/c1-2-18(16,17)5-3-4-14-8-10-6-9-7-11(10)12(14)13(9)15/h9-13,15H,2-8H2,1H3. The van der Waals surface area contributed by atoms with E-state index in [-0.39, 0.29) is 11.9 Å². The van der Waals surface area contributed by atoms with Crippen LogP contribution in [0.15, 0.2) is 0 Å². The van der Waals surface area contributed by atoms with Gasteiger partial charge >= 0.3 is 0 Å². The molecule has 18 heavy (non-hydrogen) atoms. The first-order valence-corrected chi connectivity index (χ1v) is 8.96. The van der Waals surface area contributed by atoms with E-state index in [1.165, 1.54) is 12.8 Å². The third-order valence-corrected chi connectivity index (χ3v) is 7.08. The van der Waals surface area contributed by atoms with Crippen molar-refractivity contribution in [2.45, 2.75) is 38.3 Å². The second-order valence-electron chi connectivity index (χ2n) is 6.22. The van der Waals surface area contributed by atoms with Gasteiger partial charge in [-0.1, -0.05) is 6.92 Å². The Morgan fingerprint density at radius 3 is 2.72 bits per heavy atom. The van der Waals surface area contributed by atoms with Crippen molar-refractivity contribution in [2.24, 2.45) is 17.8 Å². The molecule has 2 bridgehead atoms. The van der Waals surface area contributed by atoms with Gasteiger partial charge in [0.1, 0.15) is 9.84 Å². The highest BCUT2D eigenvalue weighted by Gasteiger charge is 2.58. The SMILES string of the molecule is CCS(=O)(=O)CCCN1CC2CC3CC2C1C3O. The molecular formula is C13H23NO3S. The lowest BCUT2D eigenvalue weighted by atomic mass is 9.88. The summed E-state index contributed by atoms with van der Waals surface area (Å²) in [6.45, 7) is 3.62. The zero-order valence-corrected chi connectivity index (χ0v) is 11.8. The van der Waals surface area contributed by atoms with E-state index in [2.05, 4.69) is 4.90 Å². The van der Waals surface area contributed by atoms with Crippen molar-refractivity contribution in [3.63, 3.8) is 0 Å². The molecular weight excluding hydrogens is 250 g/mol. The lowest BCUT2D eigenvalue weighted by Gasteiger charge is -2.28. The van der Waals surface area contributed by atoms with Crippen LogP contribution in [0.5, 0.6) is 0 Å². The van der Waals surface area contributed by atoms with Crippen LogP contribution in [0.25, 0.3) is 0 Å². The van der Waals surface area contributed by atoms with E-state index in [9.17, 15) is 13.5 Å². The summed E-state index contributed by atoms with van der Waals surface area (Å²) in [5, 5.41) is 10.2. The van der Waals surface area contributed by atoms with E-state index in [1.54, 1.807) is 6.92 Å². The average Bonchev–Trinajstić information content (AvgIpc) is 2.90. The molecule has 2 aliphatic carbocycles. The quantitative estimate of drug-likeness (QED) is 0.793. The average molecular weight is 273 g/mol. The molecule has 1 N–H and O–H groups in total. The minimum absolute atomic E-state index is 0.156. The molecule has 3 aliphatic rings. The molecule has 1 aliphatic heterocycles. The van der Waals surface area contributed by atoms with Gasteiger partial charge in [-0.3, -0.25) is 4.90 Å². The monoisotopic (exact) mass is 273 g/mol. The fraction of sp³-hybridized carbons (Fsp3) is 1.00. The van der Waals surface area contributed by atoms with E-state index in [1.807, 2.05) is 0 Å². The Labute approximate surface area is 109 Å². The van der Waals surface area contributed by atoms with Gasteiger partial charge < -0.3 is 5.11 Å². The number of aliphatic hydroxyl groups excluding tert-OH is 1. The molecule has 4 nitrogen and oxygen atoms in total. The number of hydrogen-bond acceptors (Lipinski definition) is 4. The highest BCUT2D eigenvalue weighted by molar-refractivity contribution is 7.91. The van der Waals surface area contributed by atoms with Crippen LogP contribution in [0.2, 0.25) is 0 Å². The van der Waals surface area contributed by atoms with Crippen LogP contribution in [0.1, 0.15) is 26.2 Å². The number of rotatable bonds is 5. The first-order valence-electron chi connectivity index (χ1n) is 7.14. The van der Waals surface area contributed by atoms with Crippen molar-refractivity contribution < 1.29 is 13.5 Å². The first kappa shape index (κ1) is 12.9. The van der Waals surface area contributed by atoms with E-state index in [0.29, 0.717) is 30.1 Å². The predicted octanol–water partition coefficient (Wildman–Crippen LogP) is 0.512. The lowest BCUT2D eigenvalue weighted by molar-refractivity contribution is 0.0512. The second kappa shape index (κ2) is 4.46. The summed E-state index contributed by atoms with van der Waals surface area (Å²) in [7, 11) is -2.84. The topological polar surface area (TPSA) is 57.6 Å². The predicted molar refractivity (Wildman–Crippen MR) is 70.0 cm³/mol. The van der Waals surface area contributed by atoms with Crippen LogP contribution < -0.4 is 0 Å². The van der Waals surface area contributed by atoms with Gasteiger partial charge in [0.25, 0.3) is 0 Å². The molecule has 0 aromatic carbocycles. The van der Waals surface area contributed by atoms with Gasteiger partial charge in [-0.25, -0.2) is 8.42 Å². The number of nitrogens with zero attached hydrogens (tertiary/aromatic N) is 1. The number of aliphatic hydroxyl groups is 1. The third kappa shape index (κ3) is 2.00. The van der Waals surface area contributed by atoms with Crippen molar-refractivity contribution >= 4 is 9.84 Å². The number of likely N-dealkylation sites (tertiary alicyclic amines) is 1. The molecule has 0 radical (unpaired) electrons. The first-order chi connectivity index (χ1) is 8.52. The Kier molecular flexibility index (Phi) is 3.19. The van der Waals surface area contributed by atoms with Crippen LogP contribution in [-0.2, 0) is 9.84 Å². The zero-order valence-electron chi connectivity index (χ0n) is 11.0. The van der Waals surface area contributed by atoms with Crippen molar-refractivity contribution in [3.8, 4) is 0 Å². The lowest BCUT2D eigenvalue weighted by Crippen LogP contribution is -2.41. The Hall–Kier alpha value is -0.130. The highest BCUT2D eigenvalue weighted by atomic mass is 32.2. The molecule has 3 fully saturated rings. The van der Waals surface area contributed by atoms with E-state index in [0.717, 1.165) is 19.0 Å². The molecule has 104 valence electrons. The van der Waals surface area contributed by atoms with Crippen molar-refractivity contribution in [2.75, 3.05) is 24.6 Å². The van der Waals surface area contributed by atoms with Crippen molar-refractivity contribution in [1.82, 2.24) is 4.90 Å². The Morgan fingerprint density at radius 1 is 1.28 bits per heavy atom. The number of sulfone groups is 1. The molecule has 0 aromatic rings. The summed E-state index contributed by atoms with van der Waals surface area (Å²) < 4.78 is 22.9. The number of fused-ring (bicyclic) bond motifs is 1. The van der Waals surface area contributed by atoms with Crippen LogP contribution in [0.3, 0.4) is 0 Å². The molecule has 0 amide bonds. The van der Waals surface area contributed by atoms with E-state index >= 15 is 0 Å². The maximum absolute atomic E-state index is 11.5. The maximum Gasteiger partial charge on any atom is 0.150 e. The number of hydrogen-bond donors (Lipinski definition) is 1. The largest absolute Gasteiger partial charge is 0.391 e. The molecule has 0 spiro atoms. The summed E-state index contributed by atoms with van der Waals surface area (Å²) in [6.07, 6.45) is 2.94. The smallest absolute Gasteiger partial charge is 0.150 e. The molecule has 1 saturated heterocycles. The minimum atomic E-state index is -2.84. The van der Waals surface area contributed by atoms with Crippen LogP contribution in [0, 0.1) is 17.8 Å². The Morgan fingerprint density at radius 2 is 2.06 bits per heavy atom. The molecule has 0 aromatic heterocycles. The van der Waals surface area contributed by atoms with Gasteiger partial charge in [-0.15, -0.1) is 0 Å². The molecule has 2 saturated carbocycles. The fourth-order valence-corrected chi connectivity index (χ4v) is 5.28. The Bertz CT molecular complexity index is 420. The molecule has 5 unspecified atom stereocenters. The maximum atomic E-state index is 11.5. The summed E-state index contributed by atoms with van der Waals surface area (Å²) in [4.78, 5) is 2.36. The van der Waals surface area contributed by atoms with E-state index < -0.39 is 9.84 Å². The van der Waals surface area contributed by atoms with Gasteiger partial charge in [0.05, 0.1) is 11.9 Å². The second-order valence-corrected chi connectivity index (χ2v) is 8.69. The molecule has 5 atom stereocenters. The molecule has 5 heteroatoms. The Balaban J connectivity index is 1.56. The van der Waals surface area contributed by atoms with Crippen LogP contribution >= 0.6 is 0 Å². The van der Waals surface area contributed by atoms with Crippen molar-refractivity contribution in [1.29, 1.82) is 0 Å². The van der Waals surface area contributed by atoms with Crippen LogP contribution in [0.4, 0.5) is 0 Å². The summed E-state index contributed by atoms with van der Waals surface area (Å²) >= 11 is 0.